The highest BCUT2D eigenvalue weighted by atomic mass is 127. The van der Waals surface area contributed by atoms with E-state index >= 15 is 0 Å². The van der Waals surface area contributed by atoms with Crippen molar-refractivity contribution >= 4 is 243 Å². The van der Waals surface area contributed by atoms with Crippen LogP contribution in [0.3, 0.4) is 0 Å². The molecule has 0 aliphatic carbocycles. The summed E-state index contributed by atoms with van der Waals surface area (Å²) >= 11 is 34.3. The Morgan fingerprint density at radius 2 is 0.882 bits per heavy atom. The van der Waals surface area contributed by atoms with Gasteiger partial charge in [-0.05, 0) is 267 Å². The summed E-state index contributed by atoms with van der Waals surface area (Å²) < 4.78 is 68.8. The normalized spacial score (nSPS) is 11.1. The van der Waals surface area contributed by atoms with E-state index in [4.69, 9.17) is 18.4 Å². The molecule has 0 amide bonds. The first kappa shape index (κ1) is 70.7. The lowest BCUT2D eigenvalue weighted by Crippen LogP contribution is -2.16. The monoisotopic (exact) mass is 1950 g/mol. The van der Waals surface area contributed by atoms with Crippen LogP contribution in [0.5, 0.6) is 17.2 Å². The van der Waals surface area contributed by atoms with E-state index in [-0.39, 0.29) is 22.1 Å². The zero-order valence-electron chi connectivity index (χ0n) is 44.0. The number of aromatic hydroxyl groups is 3. The maximum Gasteiger partial charge on any atom is 0.175 e. The minimum absolute atomic E-state index is 0.101. The van der Waals surface area contributed by atoms with Crippen LogP contribution in [0.15, 0.2) is 197 Å². The van der Waals surface area contributed by atoms with Crippen molar-refractivity contribution in [3.63, 3.8) is 0 Å². The van der Waals surface area contributed by atoms with Crippen LogP contribution < -0.4 is 0 Å². The van der Waals surface area contributed by atoms with E-state index in [1.807, 2.05) is 59.0 Å². The van der Waals surface area contributed by atoms with Crippen molar-refractivity contribution in [3.05, 3.63) is 183 Å². The Kier molecular flexibility index (Phi) is 26.1. The molecule has 9 heterocycles. The minimum atomic E-state index is -3.19. The molecule has 0 aliphatic heterocycles. The second-order valence-electron chi connectivity index (χ2n) is 18.1. The van der Waals surface area contributed by atoms with Crippen LogP contribution in [-0.4, -0.2) is 82.6 Å². The zero-order chi connectivity index (χ0) is 62.7. The number of benzene rings is 2. The summed E-state index contributed by atoms with van der Waals surface area (Å²) in [5.41, 5.74) is 9.05. The van der Waals surface area contributed by atoms with Gasteiger partial charge in [-0.1, -0.05) is 49.8 Å². The standard InChI is InChI=1S/2C14H10BrNO3S.C10H11Br2NOSi.C7H3Br2NO.C5H2Br2INO.C5H3Br2NO/c1-20(17,18)11-4-2-9(3-5-11)13-14-10(6-7-19-14)8-12(15)16-13;1-20(17,18)11-4-2-9(3-5-11)12-8-10-6-7-19-13(10)14(15)16-12;1-15(2,3)5-4-7-6-8(11)13-10(12)9(7)14;8-5-3-4-1-2-11-6(4)7(9)10-5;6-3-1-2(8)4(10)5(7)9-3;6-4-2-1-3(9)5(7)8-4/h2*2-8H,1H3;6,14H,1-3H3;1-3H;1,10H;1-2,9H. The predicted octanol–water partition coefficient (Wildman–Crippen LogP) is 19.4. The number of fused-ring (bicyclic) bond motifs is 3. The van der Waals surface area contributed by atoms with Crippen molar-refractivity contribution in [1.29, 1.82) is 0 Å². The van der Waals surface area contributed by atoms with Crippen molar-refractivity contribution in [2.24, 2.45) is 0 Å². The summed E-state index contributed by atoms with van der Waals surface area (Å²) in [4.78, 5) is 25.3. The van der Waals surface area contributed by atoms with Crippen LogP contribution in [0.25, 0.3) is 55.4 Å². The smallest absolute Gasteiger partial charge is 0.175 e. The molecule has 11 aromatic rings. The fourth-order valence-electron chi connectivity index (χ4n) is 6.55. The number of hydrogen-bond donors (Lipinski definition) is 3. The van der Waals surface area contributed by atoms with Crippen LogP contribution in [0.2, 0.25) is 19.6 Å². The quantitative estimate of drug-likeness (QED) is 0.0641. The fourth-order valence-corrected chi connectivity index (χ4v) is 14.7. The van der Waals surface area contributed by atoms with E-state index in [0.29, 0.717) is 64.1 Å². The van der Waals surface area contributed by atoms with E-state index in [0.717, 1.165) is 51.3 Å². The van der Waals surface area contributed by atoms with Gasteiger partial charge < -0.3 is 28.6 Å². The van der Waals surface area contributed by atoms with E-state index < -0.39 is 27.7 Å². The molecule has 0 atom stereocenters. The van der Waals surface area contributed by atoms with E-state index in [1.165, 1.54) is 12.5 Å². The minimum Gasteiger partial charge on any atom is -0.505 e. The first-order valence-electron chi connectivity index (χ1n) is 23.4. The van der Waals surface area contributed by atoms with E-state index in [1.54, 1.807) is 91.6 Å². The Hall–Kier alpha value is -3.43. The third-order valence-electron chi connectivity index (χ3n) is 10.5. The van der Waals surface area contributed by atoms with Crippen molar-refractivity contribution in [1.82, 2.24) is 29.9 Å². The lowest BCUT2D eigenvalue weighted by Gasteiger charge is -2.04. The maximum atomic E-state index is 11.5. The van der Waals surface area contributed by atoms with Crippen molar-refractivity contribution < 1.29 is 45.4 Å². The molecule has 0 saturated carbocycles. The first-order chi connectivity index (χ1) is 39.8. The van der Waals surface area contributed by atoms with Gasteiger partial charge in [-0.15, -0.1) is 5.54 Å². The second-order valence-corrected chi connectivity index (χ2v) is 35.8. The van der Waals surface area contributed by atoms with Crippen LogP contribution in [0.4, 0.5) is 0 Å². The first-order valence-corrected chi connectivity index (χ1v) is 39.7. The molecule has 9 aromatic heterocycles. The van der Waals surface area contributed by atoms with Gasteiger partial charge in [-0.25, -0.2) is 46.7 Å². The fraction of sp³-hybridized carbons (Fsp3) is 0.0909. The molecular formula is C55H39Br10IN6O10S2Si. The molecule has 30 heteroatoms. The number of sulfone groups is 2. The average Bonchev–Trinajstić information content (AvgIpc) is 4.46. The number of pyridine rings is 6. The number of rotatable bonds is 4. The molecule has 3 N–H and O–H groups in total. The van der Waals surface area contributed by atoms with Gasteiger partial charge in [0.05, 0.1) is 43.4 Å². The molecule has 0 radical (unpaired) electrons. The number of nitrogens with zero attached hydrogens (tertiary/aromatic N) is 6. The van der Waals surface area contributed by atoms with Crippen molar-refractivity contribution in [2.75, 3.05) is 12.5 Å². The molecular weight excluding hydrogens is 1920 g/mol. The summed E-state index contributed by atoms with van der Waals surface area (Å²) in [6.45, 7) is 6.47. The Balaban J connectivity index is 0.000000168. The van der Waals surface area contributed by atoms with Gasteiger partial charge >= 0.3 is 0 Å². The Morgan fingerprint density at radius 1 is 0.459 bits per heavy atom. The Morgan fingerprint density at radius 3 is 1.38 bits per heavy atom. The third kappa shape index (κ3) is 21.1. The van der Waals surface area contributed by atoms with Crippen LogP contribution in [-0.2, 0) is 19.7 Å². The summed E-state index contributed by atoms with van der Waals surface area (Å²) in [5.74, 6) is 3.43. The van der Waals surface area contributed by atoms with Gasteiger partial charge in [-0.2, -0.15) is 0 Å². The number of aromatic nitrogens is 6. The average molecular weight is 1960 g/mol. The summed E-state index contributed by atoms with van der Waals surface area (Å²) in [7, 11) is -7.80. The predicted molar refractivity (Wildman–Crippen MR) is 377 cm³/mol. The summed E-state index contributed by atoms with van der Waals surface area (Å²) in [6, 6.07) is 31.2. The maximum absolute atomic E-state index is 11.5. The van der Waals surface area contributed by atoms with Crippen LogP contribution >= 0.6 is 182 Å². The lowest BCUT2D eigenvalue weighted by molar-refractivity contribution is 0.464. The van der Waals surface area contributed by atoms with Gasteiger partial charge in [-0.3, -0.25) is 0 Å². The van der Waals surface area contributed by atoms with E-state index in [2.05, 4.69) is 220 Å². The highest BCUT2D eigenvalue weighted by Gasteiger charge is 2.15. The van der Waals surface area contributed by atoms with Crippen LogP contribution in [0.1, 0.15) is 5.56 Å². The Labute approximate surface area is 586 Å². The third-order valence-corrected chi connectivity index (χ3v) is 19.2. The molecule has 0 bridgehead atoms. The van der Waals surface area contributed by atoms with Crippen molar-refractivity contribution in [2.45, 2.75) is 29.4 Å². The topological polar surface area (TPSA) is 246 Å². The lowest BCUT2D eigenvalue weighted by atomic mass is 10.1. The SMILES string of the molecule is Brc1cc2ccoc2c(Br)n1.CS(=O)(=O)c1ccc(-c2cc3ccoc3c(Br)n2)cc1.CS(=O)(=O)c1ccc(-c2nc(Br)cc3ccoc23)cc1.C[Si](C)(C)C#Cc1cc(Br)nc(Br)c1O.Oc1c(I)cc(Br)nc1Br.Oc1ccc(Br)nc1Br. The van der Waals surface area contributed by atoms with Gasteiger partial charge in [0, 0.05) is 39.8 Å². The molecule has 11 rings (SSSR count). The molecule has 0 fully saturated rings. The molecule has 85 heavy (non-hydrogen) atoms. The van der Waals surface area contributed by atoms with Gasteiger partial charge in [0.25, 0.3) is 0 Å². The molecule has 0 aliphatic rings. The largest absolute Gasteiger partial charge is 0.505 e. The summed E-state index contributed by atoms with van der Waals surface area (Å²) in [6.07, 6.45) is 7.23. The molecule has 2 aromatic carbocycles. The van der Waals surface area contributed by atoms with Crippen LogP contribution in [0, 0.1) is 15.0 Å². The zero-order valence-corrected chi connectivity index (χ0v) is 64.6. The molecule has 0 spiro atoms. The van der Waals surface area contributed by atoms with Gasteiger partial charge in [0.2, 0.25) is 0 Å². The van der Waals surface area contributed by atoms with Crippen molar-refractivity contribution in [3.8, 4) is 51.2 Å². The highest BCUT2D eigenvalue weighted by molar-refractivity contribution is 14.1. The highest BCUT2D eigenvalue weighted by Crippen LogP contribution is 2.34. The van der Waals surface area contributed by atoms with E-state index in [9.17, 15) is 27.0 Å². The summed E-state index contributed by atoms with van der Waals surface area (Å²) in [5, 5.41) is 30.7. The Bertz CT molecular complexity index is 4480. The number of halogens is 11. The number of hydrogen-bond acceptors (Lipinski definition) is 16. The molecule has 0 unspecified atom stereocenters. The molecule has 442 valence electrons. The second kappa shape index (κ2) is 31.3. The van der Waals surface area contributed by atoms with Gasteiger partial charge in [0.15, 0.2) is 52.5 Å². The number of furan rings is 3. The van der Waals surface area contributed by atoms with Gasteiger partial charge in [0.1, 0.15) is 60.9 Å². The molecule has 16 nitrogen and oxygen atoms in total. The molecule has 0 saturated heterocycles.